The van der Waals surface area contributed by atoms with E-state index in [-0.39, 0.29) is 0 Å². The zero-order chi connectivity index (χ0) is 15.7. The number of nitrogens with zero attached hydrogens (tertiary/aromatic N) is 3. The van der Waals surface area contributed by atoms with Gasteiger partial charge in [0.25, 0.3) is 5.89 Å². The number of nitrogens with two attached hydrogens (primary N) is 1. The summed E-state index contributed by atoms with van der Waals surface area (Å²) in [5.41, 5.74) is 8.27. The molecule has 2 fully saturated rings. The number of piperidine rings is 1. The minimum atomic E-state index is -0.401. The lowest BCUT2D eigenvalue weighted by molar-refractivity contribution is 0.372. The summed E-state index contributed by atoms with van der Waals surface area (Å²) in [4.78, 5) is 7.09. The van der Waals surface area contributed by atoms with Crippen molar-refractivity contribution in [2.24, 2.45) is 5.73 Å². The van der Waals surface area contributed by atoms with Crippen LogP contribution in [-0.4, -0.2) is 23.2 Å². The van der Waals surface area contributed by atoms with Crippen LogP contribution in [0.15, 0.2) is 28.8 Å². The van der Waals surface area contributed by atoms with Crippen LogP contribution in [0.4, 0.5) is 5.69 Å². The molecule has 4 rings (SSSR count). The largest absolute Gasteiger partial charge is 0.371 e. The summed E-state index contributed by atoms with van der Waals surface area (Å²) in [6, 6.07) is 8.32. The first-order valence-corrected chi connectivity index (χ1v) is 8.74. The molecule has 1 saturated carbocycles. The van der Waals surface area contributed by atoms with Gasteiger partial charge in [0.1, 0.15) is 0 Å². The van der Waals surface area contributed by atoms with Gasteiger partial charge in [0.15, 0.2) is 5.82 Å². The van der Waals surface area contributed by atoms with Gasteiger partial charge in [-0.1, -0.05) is 30.1 Å². The van der Waals surface area contributed by atoms with Crippen molar-refractivity contribution in [1.82, 2.24) is 10.1 Å². The second-order valence-corrected chi connectivity index (χ2v) is 6.85. The molecule has 5 heteroatoms. The standard InChI is InChI=1S/C18H24N4O/c19-18(10-4-5-11-18)17-20-16(23-21-17)14-8-2-3-9-15(14)22-12-6-1-7-13-22/h2-3,8-9H,1,4-7,10-13,19H2. The predicted octanol–water partition coefficient (Wildman–Crippen LogP) is 3.45. The molecule has 23 heavy (non-hydrogen) atoms. The normalized spacial score (nSPS) is 20.8. The van der Waals surface area contributed by atoms with Crippen LogP contribution in [0.3, 0.4) is 0 Å². The van der Waals surface area contributed by atoms with Gasteiger partial charge in [0, 0.05) is 18.8 Å². The summed E-state index contributed by atoms with van der Waals surface area (Å²) in [6.45, 7) is 2.19. The summed E-state index contributed by atoms with van der Waals surface area (Å²) in [5.74, 6) is 1.26. The molecule has 0 atom stereocenters. The zero-order valence-electron chi connectivity index (χ0n) is 13.5. The van der Waals surface area contributed by atoms with Gasteiger partial charge in [-0.15, -0.1) is 0 Å². The molecule has 122 valence electrons. The molecular formula is C18H24N4O. The third kappa shape index (κ3) is 2.74. The van der Waals surface area contributed by atoms with Crippen LogP contribution in [-0.2, 0) is 5.54 Å². The lowest BCUT2D eigenvalue weighted by Gasteiger charge is -2.29. The topological polar surface area (TPSA) is 68.2 Å². The van der Waals surface area contributed by atoms with E-state index in [4.69, 9.17) is 10.3 Å². The quantitative estimate of drug-likeness (QED) is 0.940. The average Bonchev–Trinajstić information content (AvgIpc) is 3.26. The number of benzene rings is 1. The number of anilines is 1. The van der Waals surface area contributed by atoms with Crippen molar-refractivity contribution in [3.63, 3.8) is 0 Å². The lowest BCUT2D eigenvalue weighted by atomic mass is 9.98. The number of para-hydroxylation sites is 1. The van der Waals surface area contributed by atoms with Gasteiger partial charge in [0.05, 0.1) is 11.1 Å². The lowest BCUT2D eigenvalue weighted by Crippen LogP contribution is -2.34. The Morgan fingerprint density at radius 1 is 1.00 bits per heavy atom. The number of hydrogen-bond donors (Lipinski definition) is 1. The van der Waals surface area contributed by atoms with Crippen LogP contribution < -0.4 is 10.6 Å². The zero-order valence-corrected chi connectivity index (χ0v) is 13.5. The van der Waals surface area contributed by atoms with E-state index < -0.39 is 5.54 Å². The van der Waals surface area contributed by atoms with E-state index in [2.05, 4.69) is 33.2 Å². The Morgan fingerprint density at radius 2 is 1.74 bits per heavy atom. The van der Waals surface area contributed by atoms with Crippen LogP contribution in [0, 0.1) is 0 Å². The second-order valence-electron chi connectivity index (χ2n) is 6.85. The fraction of sp³-hybridized carbons (Fsp3) is 0.556. The molecule has 0 spiro atoms. The summed E-state index contributed by atoms with van der Waals surface area (Å²) >= 11 is 0. The third-order valence-corrected chi connectivity index (χ3v) is 5.20. The van der Waals surface area contributed by atoms with Crippen LogP contribution >= 0.6 is 0 Å². The molecule has 2 aliphatic rings. The molecule has 2 aromatic rings. The molecule has 2 N–H and O–H groups in total. The average molecular weight is 312 g/mol. The maximum Gasteiger partial charge on any atom is 0.260 e. The molecular weight excluding hydrogens is 288 g/mol. The monoisotopic (exact) mass is 312 g/mol. The maximum atomic E-state index is 6.46. The van der Waals surface area contributed by atoms with Crippen LogP contribution in [0.2, 0.25) is 0 Å². The first kappa shape index (κ1) is 14.7. The van der Waals surface area contributed by atoms with Crippen molar-refractivity contribution in [1.29, 1.82) is 0 Å². The molecule has 0 amide bonds. The highest BCUT2D eigenvalue weighted by Crippen LogP contribution is 2.37. The van der Waals surface area contributed by atoms with Crippen molar-refractivity contribution in [2.45, 2.75) is 50.5 Å². The van der Waals surface area contributed by atoms with E-state index in [1.165, 1.54) is 24.9 Å². The van der Waals surface area contributed by atoms with Crippen molar-refractivity contribution in [3.8, 4) is 11.5 Å². The molecule has 0 radical (unpaired) electrons. The number of rotatable bonds is 3. The maximum absolute atomic E-state index is 6.46. The molecule has 1 aromatic carbocycles. The second kappa shape index (κ2) is 5.96. The fourth-order valence-electron chi connectivity index (χ4n) is 3.83. The van der Waals surface area contributed by atoms with Gasteiger partial charge in [0.2, 0.25) is 0 Å². The van der Waals surface area contributed by atoms with E-state index in [1.54, 1.807) is 0 Å². The Morgan fingerprint density at radius 3 is 2.52 bits per heavy atom. The van der Waals surface area contributed by atoms with E-state index in [0.29, 0.717) is 11.7 Å². The molecule has 0 unspecified atom stereocenters. The molecule has 2 heterocycles. The Balaban J connectivity index is 1.67. The minimum absolute atomic E-state index is 0.401. The van der Waals surface area contributed by atoms with Gasteiger partial charge in [-0.25, -0.2) is 0 Å². The molecule has 1 aliphatic carbocycles. The SMILES string of the molecule is NC1(c2noc(-c3ccccc3N3CCCCC3)n2)CCCC1. The van der Waals surface area contributed by atoms with Gasteiger partial charge in [-0.3, -0.25) is 0 Å². The number of hydrogen-bond acceptors (Lipinski definition) is 5. The van der Waals surface area contributed by atoms with Crippen molar-refractivity contribution < 1.29 is 4.52 Å². The molecule has 1 aromatic heterocycles. The van der Waals surface area contributed by atoms with Gasteiger partial charge >= 0.3 is 0 Å². The Hall–Kier alpha value is -1.88. The van der Waals surface area contributed by atoms with Crippen LogP contribution in [0.1, 0.15) is 50.8 Å². The van der Waals surface area contributed by atoms with Crippen LogP contribution in [0.25, 0.3) is 11.5 Å². The van der Waals surface area contributed by atoms with Gasteiger partial charge in [-0.05, 0) is 44.2 Å². The van der Waals surface area contributed by atoms with E-state index in [9.17, 15) is 0 Å². The van der Waals surface area contributed by atoms with Crippen LogP contribution in [0.5, 0.6) is 0 Å². The van der Waals surface area contributed by atoms with Gasteiger partial charge in [-0.2, -0.15) is 4.98 Å². The summed E-state index contributed by atoms with van der Waals surface area (Å²) in [7, 11) is 0. The Kier molecular flexibility index (Phi) is 3.81. The van der Waals surface area contributed by atoms with Gasteiger partial charge < -0.3 is 15.2 Å². The Labute approximate surface area is 136 Å². The Bertz CT molecular complexity index is 669. The molecule has 5 nitrogen and oxygen atoms in total. The highest BCUT2D eigenvalue weighted by Gasteiger charge is 2.36. The predicted molar refractivity (Wildman–Crippen MR) is 90.1 cm³/mol. The smallest absolute Gasteiger partial charge is 0.260 e. The molecule has 1 saturated heterocycles. The third-order valence-electron chi connectivity index (χ3n) is 5.20. The van der Waals surface area contributed by atoms with Crippen molar-refractivity contribution in [2.75, 3.05) is 18.0 Å². The van der Waals surface area contributed by atoms with Crippen molar-refractivity contribution >= 4 is 5.69 Å². The fourth-order valence-corrected chi connectivity index (χ4v) is 3.83. The first-order valence-electron chi connectivity index (χ1n) is 8.74. The summed E-state index contributed by atoms with van der Waals surface area (Å²) < 4.78 is 5.59. The summed E-state index contributed by atoms with van der Waals surface area (Å²) in [5, 5.41) is 4.20. The molecule has 0 bridgehead atoms. The van der Waals surface area contributed by atoms with E-state index in [0.717, 1.165) is 44.3 Å². The molecule has 1 aliphatic heterocycles. The highest BCUT2D eigenvalue weighted by atomic mass is 16.5. The number of aromatic nitrogens is 2. The highest BCUT2D eigenvalue weighted by molar-refractivity contribution is 5.73. The first-order chi connectivity index (χ1) is 11.3. The minimum Gasteiger partial charge on any atom is -0.371 e. The summed E-state index contributed by atoms with van der Waals surface area (Å²) in [6.07, 6.45) is 7.98. The van der Waals surface area contributed by atoms with Crippen molar-refractivity contribution in [3.05, 3.63) is 30.1 Å². The van der Waals surface area contributed by atoms with E-state index in [1.807, 2.05) is 6.07 Å². The van der Waals surface area contributed by atoms with E-state index >= 15 is 0 Å².